The van der Waals surface area contributed by atoms with Crippen LogP contribution in [-0.2, 0) is 0 Å². The first kappa shape index (κ1) is 11.1. The van der Waals surface area contributed by atoms with Gasteiger partial charge in [0, 0.05) is 11.8 Å². The van der Waals surface area contributed by atoms with Gasteiger partial charge in [-0.1, -0.05) is 0 Å². The zero-order valence-electron chi connectivity index (χ0n) is 10.8. The maximum Gasteiger partial charge on any atom is 0.231 e. The van der Waals surface area contributed by atoms with Gasteiger partial charge in [-0.3, -0.25) is 0 Å². The fourth-order valence-electron chi connectivity index (χ4n) is 2.22. The summed E-state index contributed by atoms with van der Waals surface area (Å²) in [4.78, 5) is 4.50. The third kappa shape index (κ3) is 1.51. The highest BCUT2D eigenvalue weighted by Gasteiger charge is 2.16. The average Bonchev–Trinajstić information content (AvgIpc) is 3.08. The Kier molecular flexibility index (Phi) is 2.14. The largest absolute Gasteiger partial charge is 0.454 e. The molecule has 0 bridgehead atoms. The number of pyridine rings is 1. The highest BCUT2D eigenvalue weighted by atomic mass is 16.7. The van der Waals surface area contributed by atoms with Crippen molar-refractivity contribution in [2.24, 2.45) is 0 Å². The van der Waals surface area contributed by atoms with Crippen molar-refractivity contribution in [2.45, 2.75) is 6.92 Å². The topological polar surface area (TPSA) is 74.7 Å². The summed E-state index contributed by atoms with van der Waals surface area (Å²) in [5, 5.41) is 4.44. The van der Waals surface area contributed by atoms with E-state index in [4.69, 9.17) is 15.2 Å². The number of hydrogen-bond donors (Lipinski definition) is 1. The molecule has 0 amide bonds. The van der Waals surface area contributed by atoms with Crippen LogP contribution in [0.15, 0.2) is 30.5 Å². The monoisotopic (exact) mass is 268 g/mol. The summed E-state index contributed by atoms with van der Waals surface area (Å²) in [6, 6.07) is 7.56. The van der Waals surface area contributed by atoms with Crippen LogP contribution in [-0.4, -0.2) is 21.4 Å². The van der Waals surface area contributed by atoms with Crippen LogP contribution in [0.1, 0.15) is 5.56 Å². The van der Waals surface area contributed by atoms with Crippen molar-refractivity contribution < 1.29 is 9.47 Å². The molecule has 0 saturated carbocycles. The molecule has 0 unspecified atom stereocenters. The highest BCUT2D eigenvalue weighted by molar-refractivity contribution is 5.71. The van der Waals surface area contributed by atoms with Gasteiger partial charge >= 0.3 is 0 Å². The lowest BCUT2D eigenvalue weighted by molar-refractivity contribution is 0.174. The number of nitrogen functional groups attached to an aromatic ring is 1. The van der Waals surface area contributed by atoms with Gasteiger partial charge < -0.3 is 15.2 Å². The number of nitrogens with two attached hydrogens (primary N) is 1. The molecule has 3 heterocycles. The van der Waals surface area contributed by atoms with E-state index in [0.29, 0.717) is 22.9 Å². The lowest BCUT2D eigenvalue weighted by atomic mass is 10.2. The maximum atomic E-state index is 6.03. The highest BCUT2D eigenvalue weighted by Crippen LogP contribution is 2.35. The SMILES string of the molecule is Cc1ccn2nc(-c3ccc4c(c3)OCO4)nc2c1N. The van der Waals surface area contributed by atoms with Gasteiger partial charge in [-0.05, 0) is 36.8 Å². The van der Waals surface area contributed by atoms with Gasteiger partial charge in [-0.15, -0.1) is 5.10 Å². The van der Waals surface area contributed by atoms with Crippen molar-refractivity contribution in [1.82, 2.24) is 14.6 Å². The van der Waals surface area contributed by atoms with E-state index in [0.717, 1.165) is 16.9 Å². The van der Waals surface area contributed by atoms with Gasteiger partial charge in [0.05, 0.1) is 5.69 Å². The predicted octanol–water partition coefficient (Wildman–Crippen LogP) is 2.02. The number of anilines is 1. The van der Waals surface area contributed by atoms with Crippen LogP contribution in [0.5, 0.6) is 11.5 Å². The molecule has 0 spiro atoms. The Morgan fingerprint density at radius 1 is 1.20 bits per heavy atom. The van der Waals surface area contributed by atoms with Crippen molar-refractivity contribution in [3.63, 3.8) is 0 Å². The number of aromatic nitrogens is 3. The molecule has 0 fully saturated rings. The molecule has 1 aromatic carbocycles. The first-order chi connectivity index (χ1) is 9.72. The Bertz CT molecular complexity index is 825. The second-order valence-electron chi connectivity index (χ2n) is 4.68. The number of aryl methyl sites for hydroxylation is 1. The first-order valence-corrected chi connectivity index (χ1v) is 6.24. The summed E-state index contributed by atoms with van der Waals surface area (Å²) in [5.41, 5.74) is 9.20. The Balaban J connectivity index is 1.88. The van der Waals surface area contributed by atoms with E-state index in [1.807, 2.05) is 37.4 Å². The molecule has 4 rings (SSSR count). The summed E-state index contributed by atoms with van der Waals surface area (Å²) >= 11 is 0. The molecule has 100 valence electrons. The van der Waals surface area contributed by atoms with Crippen LogP contribution in [0.25, 0.3) is 17.0 Å². The molecule has 1 aliphatic heterocycles. The number of hydrogen-bond acceptors (Lipinski definition) is 5. The first-order valence-electron chi connectivity index (χ1n) is 6.24. The Morgan fingerprint density at radius 2 is 2.05 bits per heavy atom. The average molecular weight is 268 g/mol. The molecular formula is C14H12N4O2. The fraction of sp³-hybridized carbons (Fsp3) is 0.143. The van der Waals surface area contributed by atoms with Crippen LogP contribution in [0.3, 0.4) is 0 Å². The molecule has 0 saturated heterocycles. The lowest BCUT2D eigenvalue weighted by Gasteiger charge is -1.98. The summed E-state index contributed by atoms with van der Waals surface area (Å²) in [5.74, 6) is 2.07. The summed E-state index contributed by atoms with van der Waals surface area (Å²) in [6.45, 7) is 2.20. The Morgan fingerprint density at radius 3 is 2.95 bits per heavy atom. The second-order valence-corrected chi connectivity index (χ2v) is 4.68. The lowest BCUT2D eigenvalue weighted by Crippen LogP contribution is -1.96. The quantitative estimate of drug-likeness (QED) is 0.730. The normalized spacial score (nSPS) is 13.1. The number of rotatable bonds is 1. The number of nitrogens with zero attached hydrogens (tertiary/aromatic N) is 3. The van der Waals surface area contributed by atoms with Crippen molar-refractivity contribution in [3.05, 3.63) is 36.0 Å². The van der Waals surface area contributed by atoms with Gasteiger partial charge in [0.15, 0.2) is 23.0 Å². The van der Waals surface area contributed by atoms with E-state index in [1.165, 1.54) is 0 Å². The van der Waals surface area contributed by atoms with Crippen molar-refractivity contribution in [2.75, 3.05) is 12.5 Å². The molecule has 0 aliphatic carbocycles. The maximum absolute atomic E-state index is 6.03. The van der Waals surface area contributed by atoms with Crippen LogP contribution in [0, 0.1) is 6.92 Å². The molecule has 0 radical (unpaired) electrons. The molecule has 6 nitrogen and oxygen atoms in total. The second kappa shape index (κ2) is 3.86. The standard InChI is InChI=1S/C14H12N4O2/c1-8-4-5-18-14(12(8)15)16-13(17-18)9-2-3-10-11(6-9)20-7-19-10/h2-6H,7,15H2,1H3. The van der Waals surface area contributed by atoms with Crippen molar-refractivity contribution in [3.8, 4) is 22.9 Å². The molecule has 3 aromatic rings. The predicted molar refractivity (Wildman–Crippen MR) is 73.7 cm³/mol. The van der Waals surface area contributed by atoms with Gasteiger partial charge in [0.2, 0.25) is 6.79 Å². The molecule has 1 aliphatic rings. The third-order valence-electron chi connectivity index (χ3n) is 3.39. The van der Waals surface area contributed by atoms with Gasteiger partial charge in [-0.2, -0.15) is 0 Å². The third-order valence-corrected chi connectivity index (χ3v) is 3.39. The van der Waals surface area contributed by atoms with Gasteiger partial charge in [0.1, 0.15) is 0 Å². The number of ether oxygens (including phenoxy) is 2. The minimum absolute atomic E-state index is 0.253. The van der Waals surface area contributed by atoms with Crippen LogP contribution in [0.4, 0.5) is 5.69 Å². The molecule has 0 atom stereocenters. The van der Waals surface area contributed by atoms with Crippen molar-refractivity contribution >= 4 is 11.3 Å². The van der Waals surface area contributed by atoms with E-state index in [-0.39, 0.29) is 6.79 Å². The van der Waals surface area contributed by atoms with Crippen LogP contribution in [0.2, 0.25) is 0 Å². The Hall–Kier alpha value is -2.76. The molecule has 2 N–H and O–H groups in total. The number of fused-ring (bicyclic) bond motifs is 2. The Labute approximate surface area is 114 Å². The van der Waals surface area contributed by atoms with Gasteiger partial charge in [-0.25, -0.2) is 9.50 Å². The van der Waals surface area contributed by atoms with Crippen LogP contribution < -0.4 is 15.2 Å². The zero-order chi connectivity index (χ0) is 13.7. The summed E-state index contributed by atoms with van der Waals surface area (Å²) < 4.78 is 12.3. The zero-order valence-corrected chi connectivity index (χ0v) is 10.8. The van der Waals surface area contributed by atoms with E-state index in [2.05, 4.69) is 10.1 Å². The summed E-state index contributed by atoms with van der Waals surface area (Å²) in [7, 11) is 0. The smallest absolute Gasteiger partial charge is 0.231 e. The van der Waals surface area contributed by atoms with E-state index in [9.17, 15) is 0 Å². The molecule has 6 heteroatoms. The minimum atomic E-state index is 0.253. The molecule has 2 aromatic heterocycles. The van der Waals surface area contributed by atoms with Crippen LogP contribution >= 0.6 is 0 Å². The minimum Gasteiger partial charge on any atom is -0.454 e. The van der Waals surface area contributed by atoms with E-state index in [1.54, 1.807) is 4.52 Å². The van der Waals surface area contributed by atoms with E-state index >= 15 is 0 Å². The molecule has 20 heavy (non-hydrogen) atoms. The summed E-state index contributed by atoms with van der Waals surface area (Å²) in [6.07, 6.45) is 1.85. The van der Waals surface area contributed by atoms with Crippen molar-refractivity contribution in [1.29, 1.82) is 0 Å². The number of benzene rings is 1. The van der Waals surface area contributed by atoms with Gasteiger partial charge in [0.25, 0.3) is 0 Å². The fourth-order valence-corrected chi connectivity index (χ4v) is 2.22. The molecular weight excluding hydrogens is 256 g/mol. The van der Waals surface area contributed by atoms with E-state index < -0.39 is 0 Å².